The van der Waals surface area contributed by atoms with Crippen molar-refractivity contribution < 1.29 is 0 Å². The van der Waals surface area contributed by atoms with Crippen molar-refractivity contribution in [2.24, 2.45) is 23.7 Å². The second kappa shape index (κ2) is 3.64. The first-order chi connectivity index (χ1) is 5.57. The highest BCUT2D eigenvalue weighted by Crippen LogP contribution is 2.46. The van der Waals surface area contributed by atoms with Crippen LogP contribution in [0.15, 0.2) is 12.2 Å². The van der Waals surface area contributed by atoms with Crippen LogP contribution in [0.5, 0.6) is 0 Å². The molecule has 0 radical (unpaired) electrons. The Balaban J connectivity index is 2.52. The normalized spacial score (nSPS) is 31.9. The topological polar surface area (TPSA) is 0 Å². The van der Waals surface area contributed by atoms with Crippen LogP contribution < -0.4 is 0 Å². The smallest absolute Gasteiger partial charge is 0.0167 e. The van der Waals surface area contributed by atoms with Gasteiger partial charge in [-0.15, -0.1) is 0 Å². The molecule has 0 N–H and O–H groups in total. The van der Waals surface area contributed by atoms with E-state index in [9.17, 15) is 0 Å². The molecule has 0 amide bonds. The third-order valence-corrected chi connectivity index (χ3v) is 3.56. The number of rotatable bonds is 3. The molecule has 0 nitrogen and oxygen atoms in total. The minimum absolute atomic E-state index is 0.794. The van der Waals surface area contributed by atoms with Crippen molar-refractivity contribution in [3.8, 4) is 0 Å². The summed E-state index contributed by atoms with van der Waals surface area (Å²) in [6, 6.07) is 0. The standard InChI is InChI=1S/C12H22/c1-6-11(8(2)3)12-7-9(4)10(12)5/h8-9,11-12H,5-7H2,1-4H3. The van der Waals surface area contributed by atoms with Crippen LogP contribution in [0.2, 0.25) is 0 Å². The van der Waals surface area contributed by atoms with Crippen molar-refractivity contribution in [2.75, 3.05) is 0 Å². The van der Waals surface area contributed by atoms with Crippen LogP contribution in [0.4, 0.5) is 0 Å². The van der Waals surface area contributed by atoms with Crippen LogP contribution in [0.25, 0.3) is 0 Å². The van der Waals surface area contributed by atoms with Gasteiger partial charge in [-0.05, 0) is 30.1 Å². The molecule has 0 spiro atoms. The third kappa shape index (κ3) is 1.57. The van der Waals surface area contributed by atoms with Gasteiger partial charge in [-0.25, -0.2) is 0 Å². The maximum atomic E-state index is 4.17. The average Bonchev–Trinajstić information content (AvgIpc) is 2.03. The highest BCUT2D eigenvalue weighted by atomic mass is 14.4. The summed E-state index contributed by atoms with van der Waals surface area (Å²) in [6.07, 6.45) is 2.70. The van der Waals surface area contributed by atoms with Gasteiger partial charge in [0, 0.05) is 0 Å². The summed E-state index contributed by atoms with van der Waals surface area (Å²) in [5.74, 6) is 3.34. The van der Waals surface area contributed by atoms with Gasteiger partial charge in [-0.2, -0.15) is 0 Å². The maximum absolute atomic E-state index is 4.17. The maximum Gasteiger partial charge on any atom is -0.0167 e. The second-order valence-corrected chi connectivity index (χ2v) is 4.63. The van der Waals surface area contributed by atoms with Gasteiger partial charge in [-0.3, -0.25) is 0 Å². The number of hydrogen-bond acceptors (Lipinski definition) is 0. The fourth-order valence-corrected chi connectivity index (χ4v) is 2.56. The predicted molar refractivity (Wildman–Crippen MR) is 55.0 cm³/mol. The van der Waals surface area contributed by atoms with Crippen molar-refractivity contribution >= 4 is 0 Å². The Morgan fingerprint density at radius 1 is 1.50 bits per heavy atom. The van der Waals surface area contributed by atoms with Gasteiger partial charge < -0.3 is 0 Å². The lowest BCUT2D eigenvalue weighted by Crippen LogP contribution is -2.33. The molecule has 0 aromatic carbocycles. The number of hydrogen-bond donors (Lipinski definition) is 0. The van der Waals surface area contributed by atoms with Crippen LogP contribution >= 0.6 is 0 Å². The molecule has 1 aliphatic carbocycles. The Morgan fingerprint density at radius 3 is 2.33 bits per heavy atom. The van der Waals surface area contributed by atoms with Crippen LogP contribution in [0, 0.1) is 23.7 Å². The minimum Gasteiger partial charge on any atom is -0.0993 e. The molecule has 0 heterocycles. The Labute approximate surface area is 77.1 Å². The SMILES string of the molecule is C=C1C(C)CC1C(CC)C(C)C. The molecule has 1 rings (SSSR count). The highest BCUT2D eigenvalue weighted by molar-refractivity contribution is 5.16. The Kier molecular flexibility index (Phi) is 2.98. The van der Waals surface area contributed by atoms with E-state index in [0.717, 1.165) is 23.7 Å². The van der Waals surface area contributed by atoms with Gasteiger partial charge in [-0.1, -0.05) is 46.3 Å². The summed E-state index contributed by atoms with van der Waals surface area (Å²) < 4.78 is 0. The van der Waals surface area contributed by atoms with E-state index >= 15 is 0 Å². The number of allylic oxidation sites excluding steroid dienone is 1. The molecule has 1 fully saturated rings. The zero-order valence-corrected chi connectivity index (χ0v) is 8.93. The molecule has 0 heteroatoms. The molecule has 1 aliphatic rings. The Morgan fingerprint density at radius 2 is 2.08 bits per heavy atom. The molecule has 70 valence electrons. The van der Waals surface area contributed by atoms with E-state index in [-0.39, 0.29) is 0 Å². The van der Waals surface area contributed by atoms with E-state index in [1.165, 1.54) is 18.4 Å². The quantitative estimate of drug-likeness (QED) is 0.558. The van der Waals surface area contributed by atoms with Crippen LogP contribution in [0.3, 0.4) is 0 Å². The lowest BCUT2D eigenvalue weighted by molar-refractivity contribution is 0.181. The fraction of sp³-hybridized carbons (Fsp3) is 0.833. The summed E-state index contributed by atoms with van der Waals surface area (Å²) in [4.78, 5) is 0. The molecule has 0 saturated heterocycles. The lowest BCUT2D eigenvalue weighted by atomic mass is 9.62. The first-order valence-electron chi connectivity index (χ1n) is 5.26. The Bertz CT molecular complexity index is 167. The molecule has 3 atom stereocenters. The molecular formula is C12H22. The fourth-order valence-electron chi connectivity index (χ4n) is 2.56. The van der Waals surface area contributed by atoms with E-state index in [1.807, 2.05) is 0 Å². The second-order valence-electron chi connectivity index (χ2n) is 4.63. The van der Waals surface area contributed by atoms with Crippen LogP contribution in [0.1, 0.15) is 40.5 Å². The van der Waals surface area contributed by atoms with E-state index in [0.29, 0.717) is 0 Å². The molecule has 0 bridgehead atoms. The molecule has 0 aliphatic heterocycles. The summed E-state index contributed by atoms with van der Waals surface area (Å²) in [7, 11) is 0. The molecule has 12 heavy (non-hydrogen) atoms. The summed E-state index contributed by atoms with van der Waals surface area (Å²) >= 11 is 0. The van der Waals surface area contributed by atoms with Gasteiger partial charge in [0.2, 0.25) is 0 Å². The monoisotopic (exact) mass is 166 g/mol. The zero-order valence-electron chi connectivity index (χ0n) is 8.93. The first-order valence-corrected chi connectivity index (χ1v) is 5.26. The van der Waals surface area contributed by atoms with Crippen molar-refractivity contribution in [1.82, 2.24) is 0 Å². The molecular weight excluding hydrogens is 144 g/mol. The molecule has 0 aromatic heterocycles. The summed E-state index contributed by atoms with van der Waals surface area (Å²) in [5.41, 5.74) is 1.51. The van der Waals surface area contributed by atoms with Crippen molar-refractivity contribution in [3.63, 3.8) is 0 Å². The molecule has 3 unspecified atom stereocenters. The third-order valence-electron chi connectivity index (χ3n) is 3.56. The molecule has 0 aromatic rings. The van der Waals surface area contributed by atoms with Gasteiger partial charge in [0.05, 0.1) is 0 Å². The van der Waals surface area contributed by atoms with Crippen molar-refractivity contribution in [1.29, 1.82) is 0 Å². The predicted octanol–water partition coefficient (Wildman–Crippen LogP) is 3.88. The van der Waals surface area contributed by atoms with E-state index < -0.39 is 0 Å². The van der Waals surface area contributed by atoms with E-state index in [4.69, 9.17) is 0 Å². The van der Waals surface area contributed by atoms with Gasteiger partial charge in [0.1, 0.15) is 0 Å². The van der Waals surface area contributed by atoms with E-state index in [2.05, 4.69) is 34.3 Å². The summed E-state index contributed by atoms with van der Waals surface area (Å²) in [5, 5.41) is 0. The van der Waals surface area contributed by atoms with Gasteiger partial charge >= 0.3 is 0 Å². The van der Waals surface area contributed by atoms with Crippen LogP contribution in [-0.2, 0) is 0 Å². The van der Waals surface area contributed by atoms with Crippen LogP contribution in [-0.4, -0.2) is 0 Å². The largest absolute Gasteiger partial charge is 0.0993 e. The van der Waals surface area contributed by atoms with E-state index in [1.54, 1.807) is 0 Å². The summed E-state index contributed by atoms with van der Waals surface area (Å²) in [6.45, 7) is 13.5. The van der Waals surface area contributed by atoms with Crippen molar-refractivity contribution in [3.05, 3.63) is 12.2 Å². The highest BCUT2D eigenvalue weighted by Gasteiger charge is 2.36. The lowest BCUT2D eigenvalue weighted by Gasteiger charge is -2.43. The van der Waals surface area contributed by atoms with Gasteiger partial charge in [0.15, 0.2) is 0 Å². The first kappa shape index (κ1) is 9.83. The van der Waals surface area contributed by atoms with Gasteiger partial charge in [0.25, 0.3) is 0 Å². The Hall–Kier alpha value is -0.260. The van der Waals surface area contributed by atoms with Crippen molar-refractivity contribution in [2.45, 2.75) is 40.5 Å². The molecule has 1 saturated carbocycles. The zero-order chi connectivity index (χ0) is 9.30. The average molecular weight is 166 g/mol. The minimum atomic E-state index is 0.794.